The van der Waals surface area contributed by atoms with Gasteiger partial charge in [0.25, 0.3) is 0 Å². The van der Waals surface area contributed by atoms with Crippen LogP contribution in [0.15, 0.2) is 18.2 Å². The van der Waals surface area contributed by atoms with Gasteiger partial charge in [-0.2, -0.15) is 0 Å². The standard InChI is InChI=1S/C11H14N2O2/c1-13(7-2-3-7)8-4-5-10(12)9(6-8)11(14)15/h4-7H,2-3,12H2,1H3,(H,14,15). The van der Waals surface area contributed by atoms with E-state index in [0.29, 0.717) is 11.7 Å². The molecule has 0 atom stereocenters. The summed E-state index contributed by atoms with van der Waals surface area (Å²) in [6.45, 7) is 0. The van der Waals surface area contributed by atoms with Crippen LogP contribution >= 0.6 is 0 Å². The highest BCUT2D eigenvalue weighted by Gasteiger charge is 2.26. The van der Waals surface area contributed by atoms with Crippen molar-refractivity contribution in [2.45, 2.75) is 18.9 Å². The van der Waals surface area contributed by atoms with Gasteiger partial charge in [0.2, 0.25) is 0 Å². The van der Waals surface area contributed by atoms with Gasteiger partial charge in [0.05, 0.1) is 5.56 Å². The Labute approximate surface area is 88.3 Å². The van der Waals surface area contributed by atoms with Gasteiger partial charge >= 0.3 is 5.97 Å². The second-order valence-corrected chi connectivity index (χ2v) is 3.92. The van der Waals surface area contributed by atoms with Gasteiger partial charge in [-0.1, -0.05) is 0 Å². The smallest absolute Gasteiger partial charge is 0.337 e. The lowest BCUT2D eigenvalue weighted by molar-refractivity contribution is 0.0698. The number of anilines is 2. The van der Waals surface area contributed by atoms with E-state index in [9.17, 15) is 4.79 Å². The molecule has 0 heterocycles. The molecule has 1 aliphatic rings. The number of nitrogens with two attached hydrogens (primary N) is 1. The van der Waals surface area contributed by atoms with Crippen LogP contribution in [-0.4, -0.2) is 24.2 Å². The van der Waals surface area contributed by atoms with Crippen LogP contribution in [0.5, 0.6) is 0 Å². The maximum atomic E-state index is 10.9. The SMILES string of the molecule is CN(c1ccc(N)c(C(=O)O)c1)C1CC1. The first-order chi connectivity index (χ1) is 7.09. The van der Waals surface area contributed by atoms with Crippen LogP contribution in [0.25, 0.3) is 0 Å². The largest absolute Gasteiger partial charge is 0.478 e. The van der Waals surface area contributed by atoms with Gasteiger partial charge in [-0.15, -0.1) is 0 Å². The second kappa shape index (κ2) is 3.46. The van der Waals surface area contributed by atoms with Crippen molar-refractivity contribution in [2.24, 2.45) is 0 Å². The third-order valence-electron chi connectivity index (χ3n) is 2.77. The maximum Gasteiger partial charge on any atom is 0.337 e. The summed E-state index contributed by atoms with van der Waals surface area (Å²) in [5, 5.41) is 8.93. The van der Waals surface area contributed by atoms with E-state index in [1.807, 2.05) is 13.1 Å². The predicted molar refractivity (Wildman–Crippen MR) is 59.2 cm³/mol. The van der Waals surface area contributed by atoms with Crippen molar-refractivity contribution in [1.29, 1.82) is 0 Å². The molecule has 0 aromatic heterocycles. The Morgan fingerprint density at radius 2 is 2.20 bits per heavy atom. The van der Waals surface area contributed by atoms with Gasteiger partial charge in [-0.05, 0) is 31.0 Å². The fourth-order valence-electron chi connectivity index (χ4n) is 1.62. The van der Waals surface area contributed by atoms with E-state index in [1.54, 1.807) is 12.1 Å². The summed E-state index contributed by atoms with van der Waals surface area (Å²) in [6.07, 6.45) is 2.37. The van der Waals surface area contributed by atoms with E-state index >= 15 is 0 Å². The Hall–Kier alpha value is -1.71. The first-order valence-electron chi connectivity index (χ1n) is 4.95. The highest BCUT2D eigenvalue weighted by molar-refractivity contribution is 5.94. The van der Waals surface area contributed by atoms with E-state index in [1.165, 1.54) is 12.8 Å². The van der Waals surface area contributed by atoms with Crippen LogP contribution < -0.4 is 10.6 Å². The zero-order valence-corrected chi connectivity index (χ0v) is 8.60. The molecule has 0 radical (unpaired) electrons. The lowest BCUT2D eigenvalue weighted by Crippen LogP contribution is -2.20. The summed E-state index contributed by atoms with van der Waals surface area (Å²) >= 11 is 0. The molecule has 1 aromatic rings. The fraction of sp³-hybridized carbons (Fsp3) is 0.364. The van der Waals surface area contributed by atoms with Crippen molar-refractivity contribution in [3.8, 4) is 0 Å². The molecule has 0 spiro atoms. The summed E-state index contributed by atoms with van der Waals surface area (Å²) in [6, 6.07) is 5.71. The van der Waals surface area contributed by atoms with Gasteiger partial charge < -0.3 is 15.7 Å². The molecule has 3 N–H and O–H groups in total. The molecular formula is C11H14N2O2. The Balaban J connectivity index is 2.32. The third-order valence-corrected chi connectivity index (χ3v) is 2.77. The van der Waals surface area contributed by atoms with Crippen LogP contribution in [0.2, 0.25) is 0 Å². The summed E-state index contributed by atoms with van der Waals surface area (Å²) in [5.74, 6) is -0.974. The minimum atomic E-state index is -0.974. The summed E-state index contributed by atoms with van der Waals surface area (Å²) in [7, 11) is 1.98. The number of benzene rings is 1. The molecule has 2 rings (SSSR count). The van der Waals surface area contributed by atoms with E-state index < -0.39 is 5.97 Å². The van der Waals surface area contributed by atoms with E-state index in [-0.39, 0.29) is 5.56 Å². The third kappa shape index (κ3) is 1.88. The number of hydrogen-bond acceptors (Lipinski definition) is 3. The minimum Gasteiger partial charge on any atom is -0.478 e. The van der Waals surface area contributed by atoms with Crippen LogP contribution in [-0.2, 0) is 0 Å². The summed E-state index contributed by atoms with van der Waals surface area (Å²) < 4.78 is 0. The van der Waals surface area contributed by atoms with Crippen LogP contribution in [0, 0.1) is 0 Å². The first kappa shape index (κ1) is 9.83. The lowest BCUT2D eigenvalue weighted by atomic mass is 10.1. The predicted octanol–water partition coefficient (Wildman–Crippen LogP) is 1.57. The molecule has 0 saturated heterocycles. The molecule has 0 amide bonds. The number of nitrogens with zero attached hydrogens (tertiary/aromatic N) is 1. The molecule has 0 aliphatic heterocycles. The summed E-state index contributed by atoms with van der Waals surface area (Å²) in [5.41, 5.74) is 7.00. The monoisotopic (exact) mass is 206 g/mol. The van der Waals surface area contributed by atoms with Crippen LogP contribution in [0.3, 0.4) is 0 Å². The van der Waals surface area contributed by atoms with Crippen molar-refractivity contribution in [3.05, 3.63) is 23.8 Å². The average Bonchev–Trinajstić information content (AvgIpc) is 3.00. The number of rotatable bonds is 3. The Bertz CT molecular complexity index is 400. The van der Waals surface area contributed by atoms with E-state index in [2.05, 4.69) is 4.90 Å². The zero-order valence-electron chi connectivity index (χ0n) is 8.60. The quantitative estimate of drug-likeness (QED) is 0.736. The van der Waals surface area contributed by atoms with Gasteiger partial charge in [0.1, 0.15) is 0 Å². The lowest BCUT2D eigenvalue weighted by Gasteiger charge is -2.19. The number of carbonyl (C=O) groups is 1. The molecule has 1 fully saturated rings. The first-order valence-corrected chi connectivity index (χ1v) is 4.95. The Kier molecular flexibility index (Phi) is 2.26. The summed E-state index contributed by atoms with van der Waals surface area (Å²) in [4.78, 5) is 13.0. The highest BCUT2D eigenvalue weighted by atomic mass is 16.4. The zero-order chi connectivity index (χ0) is 11.0. The molecule has 4 nitrogen and oxygen atoms in total. The molecule has 0 bridgehead atoms. The highest BCUT2D eigenvalue weighted by Crippen LogP contribution is 2.31. The number of carboxylic acid groups (broad SMARTS) is 1. The molecule has 15 heavy (non-hydrogen) atoms. The molecular weight excluding hydrogens is 192 g/mol. The van der Waals surface area contributed by atoms with Crippen molar-refractivity contribution < 1.29 is 9.90 Å². The van der Waals surface area contributed by atoms with E-state index in [0.717, 1.165) is 5.69 Å². The van der Waals surface area contributed by atoms with E-state index in [4.69, 9.17) is 10.8 Å². The van der Waals surface area contributed by atoms with Gasteiger partial charge in [0, 0.05) is 24.5 Å². The van der Waals surface area contributed by atoms with Gasteiger partial charge in [0.15, 0.2) is 0 Å². The minimum absolute atomic E-state index is 0.181. The number of hydrogen-bond donors (Lipinski definition) is 2. The van der Waals surface area contributed by atoms with Crippen LogP contribution in [0.1, 0.15) is 23.2 Å². The number of carboxylic acids is 1. The molecule has 1 aromatic carbocycles. The topological polar surface area (TPSA) is 66.6 Å². The molecule has 4 heteroatoms. The second-order valence-electron chi connectivity index (χ2n) is 3.92. The number of aromatic carboxylic acids is 1. The molecule has 0 unspecified atom stereocenters. The number of nitrogen functional groups attached to an aromatic ring is 1. The maximum absolute atomic E-state index is 10.9. The van der Waals surface area contributed by atoms with Gasteiger partial charge in [-0.25, -0.2) is 4.79 Å². The van der Waals surface area contributed by atoms with Crippen molar-refractivity contribution >= 4 is 17.3 Å². The normalized spacial score (nSPS) is 15.0. The molecule has 80 valence electrons. The Morgan fingerprint density at radius 1 is 1.53 bits per heavy atom. The Morgan fingerprint density at radius 3 is 2.73 bits per heavy atom. The van der Waals surface area contributed by atoms with Gasteiger partial charge in [-0.3, -0.25) is 0 Å². The van der Waals surface area contributed by atoms with Crippen molar-refractivity contribution in [2.75, 3.05) is 17.7 Å². The van der Waals surface area contributed by atoms with Crippen molar-refractivity contribution in [3.63, 3.8) is 0 Å². The van der Waals surface area contributed by atoms with Crippen molar-refractivity contribution in [1.82, 2.24) is 0 Å². The average molecular weight is 206 g/mol. The molecule has 1 aliphatic carbocycles. The van der Waals surface area contributed by atoms with Crippen LogP contribution in [0.4, 0.5) is 11.4 Å². The molecule has 1 saturated carbocycles. The fourth-order valence-corrected chi connectivity index (χ4v) is 1.62.